The average Bonchev–Trinajstić information content (AvgIpc) is 3.77. The molecule has 1 amide bonds. The SMILES string of the molecule is CC.Cc1ccc(Nc2c3c(=O)n(C4CC4)c(=O)n(-c4ccc(S(=O)NC=O)c(C)c4)c3c(C)c(=O)n2C)c(F)c1. The number of benzene rings is 2. The highest BCUT2D eigenvalue weighted by atomic mass is 32.2. The Morgan fingerprint density at radius 3 is 2.27 bits per heavy atom. The van der Waals surface area contributed by atoms with Crippen LogP contribution in [0.4, 0.5) is 15.9 Å². The topological polar surface area (TPSA) is 124 Å². The zero-order valence-electron chi connectivity index (χ0n) is 23.7. The molecule has 0 aliphatic heterocycles. The smallest absolute Gasteiger partial charge is 0.336 e. The fourth-order valence-corrected chi connectivity index (χ4v) is 5.55. The van der Waals surface area contributed by atoms with Gasteiger partial charge in [0, 0.05) is 18.7 Å². The van der Waals surface area contributed by atoms with Gasteiger partial charge in [-0.3, -0.25) is 32.8 Å². The van der Waals surface area contributed by atoms with E-state index in [2.05, 4.69) is 10.0 Å². The summed E-state index contributed by atoms with van der Waals surface area (Å²) in [5.74, 6) is -0.503. The zero-order chi connectivity index (χ0) is 30.2. The number of amides is 1. The number of nitrogens with one attached hydrogen (secondary N) is 2. The standard InChI is InChI=1S/C27H26FN5O5S.C2H6/c1-14-5-9-20(19(28)11-14)30-24-22-23(16(3)25(35)31(24)4)32(27(37)33(26(22)36)17-6-7-17)18-8-10-21(15(2)12-18)39(38)29-13-34;1-2/h5,8-13,17,30H,6-7H2,1-4H3,(H,29,34);1-2H3. The van der Waals surface area contributed by atoms with E-state index >= 15 is 0 Å². The number of hydrogen-bond acceptors (Lipinski definition) is 6. The van der Waals surface area contributed by atoms with Gasteiger partial charge in [0.25, 0.3) is 11.1 Å². The number of pyridine rings is 1. The molecule has 2 heterocycles. The molecule has 1 saturated carbocycles. The number of aryl methyl sites for hydroxylation is 3. The van der Waals surface area contributed by atoms with Gasteiger partial charge in [-0.25, -0.2) is 13.4 Å². The summed E-state index contributed by atoms with van der Waals surface area (Å²) in [6.07, 6.45) is 1.63. The predicted molar refractivity (Wildman–Crippen MR) is 158 cm³/mol. The highest BCUT2D eigenvalue weighted by Gasteiger charge is 2.31. The maximum atomic E-state index is 14.8. The van der Waals surface area contributed by atoms with Gasteiger partial charge in [0.1, 0.15) is 17.0 Å². The predicted octanol–water partition coefficient (Wildman–Crippen LogP) is 3.79. The van der Waals surface area contributed by atoms with Gasteiger partial charge in [-0.05, 0) is 75.1 Å². The Morgan fingerprint density at radius 2 is 1.68 bits per heavy atom. The number of rotatable bonds is 7. The number of fused-ring (bicyclic) bond motifs is 1. The number of anilines is 2. The summed E-state index contributed by atoms with van der Waals surface area (Å²) in [7, 11) is -0.319. The summed E-state index contributed by atoms with van der Waals surface area (Å²) in [6.45, 7) is 8.95. The van der Waals surface area contributed by atoms with E-state index in [9.17, 15) is 27.8 Å². The van der Waals surface area contributed by atoms with Crippen LogP contribution >= 0.6 is 0 Å². The molecule has 0 saturated heterocycles. The normalized spacial score (nSPS) is 13.3. The second-order valence-electron chi connectivity index (χ2n) is 9.65. The molecule has 1 aliphatic rings. The van der Waals surface area contributed by atoms with Crippen LogP contribution in [0.2, 0.25) is 0 Å². The Labute approximate surface area is 238 Å². The van der Waals surface area contributed by atoms with Gasteiger partial charge >= 0.3 is 5.69 Å². The third kappa shape index (κ3) is 5.26. The van der Waals surface area contributed by atoms with Gasteiger partial charge in [-0.1, -0.05) is 19.9 Å². The third-order valence-corrected chi connectivity index (χ3v) is 8.07. The summed E-state index contributed by atoms with van der Waals surface area (Å²) >= 11 is 0. The first-order valence-electron chi connectivity index (χ1n) is 13.2. The Morgan fingerprint density at radius 1 is 1.00 bits per heavy atom. The number of carbonyl (C=O) groups is 1. The molecule has 1 aliphatic carbocycles. The monoisotopic (exact) mass is 581 g/mol. The van der Waals surface area contributed by atoms with Crippen LogP contribution in [0.25, 0.3) is 16.6 Å². The minimum absolute atomic E-state index is 0.0566. The Hall–Kier alpha value is -4.32. The minimum Gasteiger partial charge on any atom is -0.338 e. The molecule has 2 aromatic carbocycles. The van der Waals surface area contributed by atoms with Crippen molar-refractivity contribution < 1.29 is 13.4 Å². The Kier molecular flexibility index (Phi) is 8.43. The van der Waals surface area contributed by atoms with Crippen LogP contribution in [0.1, 0.15) is 49.4 Å². The molecular weight excluding hydrogens is 549 g/mol. The van der Waals surface area contributed by atoms with Gasteiger partial charge in [-0.2, -0.15) is 0 Å². The Bertz CT molecular complexity index is 1890. The molecule has 12 heteroatoms. The van der Waals surface area contributed by atoms with Crippen LogP contribution in [-0.2, 0) is 22.8 Å². The maximum absolute atomic E-state index is 14.8. The molecule has 10 nitrogen and oxygen atoms in total. The summed E-state index contributed by atoms with van der Waals surface area (Å²) in [5, 5.41) is 3.00. The summed E-state index contributed by atoms with van der Waals surface area (Å²) in [6, 6.07) is 8.91. The van der Waals surface area contributed by atoms with Crippen molar-refractivity contribution in [2.75, 3.05) is 5.32 Å². The molecule has 0 bridgehead atoms. The van der Waals surface area contributed by atoms with Crippen molar-refractivity contribution in [2.24, 2.45) is 7.05 Å². The van der Waals surface area contributed by atoms with Crippen LogP contribution < -0.4 is 26.8 Å². The lowest BCUT2D eigenvalue weighted by atomic mass is 10.1. The van der Waals surface area contributed by atoms with Gasteiger partial charge in [0.2, 0.25) is 6.41 Å². The average molecular weight is 582 g/mol. The highest BCUT2D eigenvalue weighted by molar-refractivity contribution is 7.83. The molecule has 1 atom stereocenters. The van der Waals surface area contributed by atoms with E-state index < -0.39 is 33.6 Å². The van der Waals surface area contributed by atoms with Gasteiger partial charge in [-0.15, -0.1) is 0 Å². The molecule has 2 aromatic heterocycles. The van der Waals surface area contributed by atoms with Crippen molar-refractivity contribution in [3.8, 4) is 5.69 Å². The van der Waals surface area contributed by atoms with E-state index in [-0.39, 0.29) is 34.0 Å². The molecule has 0 radical (unpaired) electrons. The lowest BCUT2D eigenvalue weighted by molar-refractivity contribution is -0.108. The quantitative estimate of drug-likeness (QED) is 0.320. The van der Waals surface area contributed by atoms with Gasteiger partial charge < -0.3 is 5.32 Å². The fraction of sp³-hybridized carbons (Fsp3) is 0.310. The van der Waals surface area contributed by atoms with Crippen molar-refractivity contribution in [2.45, 2.75) is 58.4 Å². The third-order valence-electron chi connectivity index (χ3n) is 6.90. The van der Waals surface area contributed by atoms with Gasteiger partial charge in [0.15, 0.2) is 11.0 Å². The highest BCUT2D eigenvalue weighted by Crippen LogP contribution is 2.34. The molecule has 0 spiro atoms. The van der Waals surface area contributed by atoms with Crippen molar-refractivity contribution in [1.29, 1.82) is 0 Å². The van der Waals surface area contributed by atoms with Crippen molar-refractivity contribution in [3.63, 3.8) is 0 Å². The molecule has 5 rings (SSSR count). The van der Waals surface area contributed by atoms with Crippen LogP contribution in [0, 0.1) is 26.6 Å². The second-order valence-corrected chi connectivity index (χ2v) is 10.9. The summed E-state index contributed by atoms with van der Waals surface area (Å²) in [4.78, 5) is 52.2. The van der Waals surface area contributed by atoms with Crippen LogP contribution in [0.3, 0.4) is 0 Å². The molecule has 2 N–H and O–H groups in total. The van der Waals surface area contributed by atoms with Crippen molar-refractivity contribution in [1.82, 2.24) is 18.4 Å². The van der Waals surface area contributed by atoms with Crippen LogP contribution in [-0.4, -0.2) is 24.3 Å². The summed E-state index contributed by atoms with van der Waals surface area (Å²) in [5.41, 5.74) is 0.226. The Balaban J connectivity index is 0.00000189. The molecule has 1 unspecified atom stereocenters. The second kappa shape index (κ2) is 11.7. The largest absolute Gasteiger partial charge is 0.338 e. The van der Waals surface area contributed by atoms with Crippen molar-refractivity contribution in [3.05, 3.63) is 90.1 Å². The van der Waals surface area contributed by atoms with Crippen LogP contribution in [0.15, 0.2) is 55.7 Å². The maximum Gasteiger partial charge on any atom is 0.336 e. The van der Waals surface area contributed by atoms with Gasteiger partial charge in [0.05, 0.1) is 21.8 Å². The van der Waals surface area contributed by atoms with E-state index in [4.69, 9.17) is 0 Å². The number of nitrogens with zero attached hydrogens (tertiary/aromatic N) is 3. The van der Waals surface area contributed by atoms with E-state index in [0.717, 1.165) is 0 Å². The minimum atomic E-state index is -1.80. The summed E-state index contributed by atoms with van der Waals surface area (Å²) < 4.78 is 33.1. The lowest BCUT2D eigenvalue weighted by Crippen LogP contribution is -2.41. The zero-order valence-corrected chi connectivity index (χ0v) is 24.5. The van der Waals surface area contributed by atoms with E-state index in [1.807, 2.05) is 13.8 Å². The fourth-order valence-electron chi connectivity index (χ4n) is 4.79. The first kappa shape index (κ1) is 29.7. The number of halogens is 1. The number of hydrogen-bond donors (Lipinski definition) is 2. The first-order valence-corrected chi connectivity index (χ1v) is 14.4. The molecule has 1 fully saturated rings. The molecule has 41 heavy (non-hydrogen) atoms. The number of aromatic nitrogens is 3. The molecule has 4 aromatic rings. The molecule has 216 valence electrons. The van der Waals surface area contributed by atoms with E-state index in [1.54, 1.807) is 32.0 Å². The lowest BCUT2D eigenvalue weighted by Gasteiger charge is -2.21. The molecular formula is C29H32FN5O5S. The van der Waals surface area contributed by atoms with E-state index in [0.29, 0.717) is 41.0 Å². The first-order chi connectivity index (χ1) is 19.5. The van der Waals surface area contributed by atoms with Crippen molar-refractivity contribution >= 4 is 39.8 Å². The van der Waals surface area contributed by atoms with E-state index in [1.165, 1.54) is 45.9 Å². The number of carbonyl (C=O) groups excluding carboxylic acids is 1. The van der Waals surface area contributed by atoms with Crippen LogP contribution in [0.5, 0.6) is 0 Å².